The number of nitrogens with one attached hydrogen (secondary N) is 3. The van der Waals surface area contributed by atoms with E-state index in [9.17, 15) is 9.59 Å². The van der Waals surface area contributed by atoms with Crippen LogP contribution in [0.2, 0.25) is 0 Å². The molecule has 2 aliphatic heterocycles. The molecule has 7 nitrogen and oxygen atoms in total. The van der Waals surface area contributed by atoms with Crippen LogP contribution in [-0.4, -0.2) is 44.3 Å². The lowest BCUT2D eigenvalue weighted by Crippen LogP contribution is -2.36. The lowest BCUT2D eigenvalue weighted by atomic mass is 9.97. The van der Waals surface area contributed by atoms with Crippen molar-refractivity contribution >= 4 is 29.0 Å². The number of aryl methyl sites for hydroxylation is 1. The number of ether oxygens (including phenoxy) is 1. The number of piperidine rings is 1. The van der Waals surface area contributed by atoms with E-state index in [2.05, 4.69) is 27.8 Å². The summed E-state index contributed by atoms with van der Waals surface area (Å²) in [6, 6.07) is 12.9. The van der Waals surface area contributed by atoms with Crippen LogP contribution in [0.25, 0.3) is 0 Å². The molecule has 2 aromatic rings. The summed E-state index contributed by atoms with van der Waals surface area (Å²) in [5, 5.41) is 8.79. The molecule has 0 bridgehead atoms. The van der Waals surface area contributed by atoms with Gasteiger partial charge in [0, 0.05) is 43.3 Å². The molecule has 2 aromatic carbocycles. The molecule has 2 saturated heterocycles. The summed E-state index contributed by atoms with van der Waals surface area (Å²) in [6.07, 6.45) is 4.30. The number of hydrogen-bond donors (Lipinski definition) is 3. The molecule has 3 N–H and O–H groups in total. The summed E-state index contributed by atoms with van der Waals surface area (Å²) in [4.78, 5) is 28.0. The van der Waals surface area contributed by atoms with E-state index >= 15 is 0 Å². The van der Waals surface area contributed by atoms with Gasteiger partial charge in [0.1, 0.15) is 0 Å². The molecule has 2 heterocycles. The van der Waals surface area contributed by atoms with Crippen molar-refractivity contribution in [3.8, 4) is 0 Å². The van der Waals surface area contributed by atoms with Gasteiger partial charge in [0.15, 0.2) is 0 Å². The van der Waals surface area contributed by atoms with Gasteiger partial charge in [-0.25, -0.2) is 4.79 Å². The molecule has 0 saturated carbocycles. The van der Waals surface area contributed by atoms with Crippen LogP contribution in [0.4, 0.5) is 21.9 Å². The van der Waals surface area contributed by atoms with Crippen LogP contribution < -0.4 is 20.9 Å². The zero-order valence-electron chi connectivity index (χ0n) is 19.5. The van der Waals surface area contributed by atoms with Crippen LogP contribution in [0.1, 0.15) is 48.5 Å². The molecule has 7 heteroatoms. The van der Waals surface area contributed by atoms with Gasteiger partial charge < -0.3 is 25.6 Å². The fraction of sp³-hybridized carbons (Fsp3) is 0.462. The van der Waals surface area contributed by atoms with Crippen molar-refractivity contribution in [2.45, 2.75) is 45.6 Å². The van der Waals surface area contributed by atoms with Crippen LogP contribution in [0.5, 0.6) is 0 Å². The first-order valence-corrected chi connectivity index (χ1v) is 11.9. The topological polar surface area (TPSA) is 82.7 Å². The molecule has 0 aromatic heterocycles. The van der Waals surface area contributed by atoms with Crippen molar-refractivity contribution in [1.29, 1.82) is 0 Å². The number of benzene rings is 2. The number of rotatable bonds is 6. The van der Waals surface area contributed by atoms with Crippen LogP contribution >= 0.6 is 0 Å². The predicted molar refractivity (Wildman–Crippen MR) is 132 cm³/mol. The van der Waals surface area contributed by atoms with Crippen molar-refractivity contribution in [2.24, 2.45) is 5.92 Å². The first-order valence-electron chi connectivity index (χ1n) is 11.9. The Hall–Kier alpha value is -3.06. The summed E-state index contributed by atoms with van der Waals surface area (Å²) in [6.45, 7) is 7.32. The van der Waals surface area contributed by atoms with Gasteiger partial charge >= 0.3 is 6.03 Å². The minimum atomic E-state index is -0.338. The van der Waals surface area contributed by atoms with Gasteiger partial charge in [-0.1, -0.05) is 25.1 Å². The second kappa shape index (κ2) is 10.7. The molecule has 1 atom stereocenters. The first kappa shape index (κ1) is 23.1. The highest BCUT2D eigenvalue weighted by molar-refractivity contribution is 6.04. The Balaban J connectivity index is 1.50. The molecule has 0 aliphatic carbocycles. The number of nitrogens with zero attached hydrogens (tertiary/aromatic N) is 1. The molecular formula is C26H34N4O3. The Morgan fingerprint density at radius 2 is 1.85 bits per heavy atom. The smallest absolute Gasteiger partial charge is 0.323 e. The lowest BCUT2D eigenvalue weighted by Gasteiger charge is -2.33. The number of para-hydroxylation sites is 1. The van der Waals surface area contributed by atoms with Gasteiger partial charge in [-0.15, -0.1) is 0 Å². The number of carbonyl (C=O) groups is 2. The van der Waals surface area contributed by atoms with Crippen LogP contribution in [0, 0.1) is 12.8 Å². The van der Waals surface area contributed by atoms with E-state index in [-0.39, 0.29) is 18.0 Å². The molecular weight excluding hydrogens is 416 g/mol. The van der Waals surface area contributed by atoms with Crippen molar-refractivity contribution < 1.29 is 14.3 Å². The quantitative estimate of drug-likeness (QED) is 0.591. The Morgan fingerprint density at radius 1 is 1.06 bits per heavy atom. The highest BCUT2D eigenvalue weighted by atomic mass is 16.5. The Morgan fingerprint density at radius 3 is 2.58 bits per heavy atom. The number of hydrogen-bond acceptors (Lipinski definition) is 4. The molecule has 3 amide bonds. The first-order chi connectivity index (χ1) is 16.0. The maximum Gasteiger partial charge on any atom is 0.323 e. The fourth-order valence-electron chi connectivity index (χ4n) is 4.43. The molecule has 2 fully saturated rings. The van der Waals surface area contributed by atoms with E-state index < -0.39 is 0 Å². The molecule has 2 aliphatic rings. The molecule has 0 unspecified atom stereocenters. The van der Waals surface area contributed by atoms with E-state index in [1.165, 1.54) is 0 Å². The van der Waals surface area contributed by atoms with Gasteiger partial charge in [0.25, 0.3) is 5.91 Å². The normalized spacial score (nSPS) is 18.7. The van der Waals surface area contributed by atoms with Gasteiger partial charge in [0.05, 0.1) is 11.7 Å². The van der Waals surface area contributed by atoms with Crippen LogP contribution in [0.3, 0.4) is 0 Å². The van der Waals surface area contributed by atoms with Crippen LogP contribution in [0.15, 0.2) is 42.5 Å². The third kappa shape index (κ3) is 6.05. The van der Waals surface area contributed by atoms with Gasteiger partial charge in [-0.2, -0.15) is 0 Å². The van der Waals surface area contributed by atoms with E-state index in [1.807, 2.05) is 43.3 Å². The van der Waals surface area contributed by atoms with Gasteiger partial charge in [-0.05, 0) is 68.4 Å². The predicted octanol–water partition coefficient (Wildman–Crippen LogP) is 4.78. The molecule has 4 rings (SSSR count). The number of amides is 3. The zero-order valence-corrected chi connectivity index (χ0v) is 19.5. The highest BCUT2D eigenvalue weighted by Crippen LogP contribution is 2.29. The van der Waals surface area contributed by atoms with Gasteiger partial charge in [0.2, 0.25) is 0 Å². The summed E-state index contributed by atoms with van der Waals surface area (Å²) >= 11 is 0. The number of carbonyl (C=O) groups excluding carboxylic acids is 2. The van der Waals surface area contributed by atoms with Crippen molar-refractivity contribution in [3.05, 3.63) is 53.6 Å². The second-order valence-electron chi connectivity index (χ2n) is 9.14. The van der Waals surface area contributed by atoms with E-state index in [4.69, 9.17) is 4.74 Å². The average molecular weight is 451 g/mol. The second-order valence-corrected chi connectivity index (χ2v) is 9.14. The minimum Gasteiger partial charge on any atom is -0.376 e. The minimum absolute atomic E-state index is 0.0782. The molecule has 33 heavy (non-hydrogen) atoms. The fourth-order valence-corrected chi connectivity index (χ4v) is 4.43. The standard InChI is InChI=1S/C26H34N4O3/c1-18-11-13-30(14-12-18)24-10-9-20(28-26(32)29-23-8-4-3-6-19(23)2)16-22(24)25(31)27-17-21-7-5-15-33-21/h3-4,6,8-10,16,18,21H,5,7,11-15,17H2,1-2H3,(H,27,31)(H2,28,29,32)/t21-/m0/s1. The summed E-state index contributed by atoms with van der Waals surface area (Å²) < 4.78 is 5.65. The number of anilines is 3. The molecule has 176 valence electrons. The Labute approximate surface area is 195 Å². The van der Waals surface area contributed by atoms with Crippen LogP contribution in [-0.2, 0) is 4.74 Å². The molecule has 0 radical (unpaired) electrons. The Kier molecular flexibility index (Phi) is 7.50. The maximum atomic E-state index is 13.2. The SMILES string of the molecule is Cc1ccccc1NC(=O)Nc1ccc(N2CCC(C)CC2)c(C(=O)NC[C@@H]2CCCO2)c1. The highest BCUT2D eigenvalue weighted by Gasteiger charge is 2.23. The zero-order chi connectivity index (χ0) is 23.2. The molecule has 0 spiro atoms. The summed E-state index contributed by atoms with van der Waals surface area (Å²) in [5.74, 6) is 0.561. The Bertz CT molecular complexity index is 979. The third-order valence-electron chi connectivity index (χ3n) is 6.53. The third-order valence-corrected chi connectivity index (χ3v) is 6.53. The van der Waals surface area contributed by atoms with Crippen molar-refractivity contribution in [1.82, 2.24) is 5.32 Å². The van der Waals surface area contributed by atoms with E-state index in [0.29, 0.717) is 23.7 Å². The van der Waals surface area contributed by atoms with Crippen molar-refractivity contribution in [3.63, 3.8) is 0 Å². The summed E-state index contributed by atoms with van der Waals surface area (Å²) in [7, 11) is 0. The average Bonchev–Trinajstić information content (AvgIpc) is 3.33. The summed E-state index contributed by atoms with van der Waals surface area (Å²) in [5.41, 5.74) is 3.81. The van der Waals surface area contributed by atoms with E-state index in [1.54, 1.807) is 6.07 Å². The van der Waals surface area contributed by atoms with E-state index in [0.717, 1.165) is 62.3 Å². The lowest BCUT2D eigenvalue weighted by molar-refractivity contribution is 0.0858. The largest absolute Gasteiger partial charge is 0.376 e. The number of urea groups is 1. The van der Waals surface area contributed by atoms with Gasteiger partial charge in [-0.3, -0.25) is 4.79 Å². The maximum absolute atomic E-state index is 13.2. The monoisotopic (exact) mass is 450 g/mol. The van der Waals surface area contributed by atoms with Crippen molar-refractivity contribution in [2.75, 3.05) is 41.8 Å².